The van der Waals surface area contributed by atoms with Gasteiger partial charge in [-0.05, 0) is 76.3 Å². The Balaban J connectivity index is 1.54. The zero-order chi connectivity index (χ0) is 23.2. The SMILES string of the molecule is Cc1cc(C)nc(SCc2c(C(=O)NCCC3=CCCCC3)nnn2-c2ccc(F)cc2)n1. The fraction of sp³-hybridized carbons (Fsp3) is 0.375. The van der Waals surface area contributed by atoms with Crippen molar-refractivity contribution in [1.82, 2.24) is 30.3 Å². The van der Waals surface area contributed by atoms with Gasteiger partial charge in [0.05, 0.1) is 11.4 Å². The summed E-state index contributed by atoms with van der Waals surface area (Å²) in [5, 5.41) is 12.0. The average Bonchev–Trinajstić information content (AvgIpc) is 3.22. The second-order valence-electron chi connectivity index (χ2n) is 8.11. The Kier molecular flexibility index (Phi) is 7.49. The number of halogens is 1. The maximum Gasteiger partial charge on any atom is 0.273 e. The number of nitrogens with one attached hydrogen (secondary N) is 1. The van der Waals surface area contributed by atoms with Crippen LogP contribution in [-0.4, -0.2) is 37.4 Å². The summed E-state index contributed by atoms with van der Waals surface area (Å²) in [6.45, 7) is 4.40. The number of rotatable bonds is 8. The summed E-state index contributed by atoms with van der Waals surface area (Å²) in [6.07, 6.45) is 7.82. The van der Waals surface area contributed by atoms with Crippen LogP contribution >= 0.6 is 11.8 Å². The molecule has 1 N–H and O–H groups in total. The van der Waals surface area contributed by atoms with Crippen LogP contribution in [0.2, 0.25) is 0 Å². The molecule has 0 radical (unpaired) electrons. The third-order valence-electron chi connectivity index (χ3n) is 5.47. The monoisotopic (exact) mass is 466 g/mol. The molecule has 1 amide bonds. The molecule has 0 atom stereocenters. The number of carbonyl (C=O) groups is 1. The fourth-order valence-electron chi connectivity index (χ4n) is 3.84. The molecule has 0 saturated heterocycles. The number of benzene rings is 1. The lowest BCUT2D eigenvalue weighted by Crippen LogP contribution is -2.26. The van der Waals surface area contributed by atoms with Crippen LogP contribution in [-0.2, 0) is 5.75 Å². The van der Waals surface area contributed by atoms with Crippen LogP contribution in [0.4, 0.5) is 4.39 Å². The quantitative estimate of drug-likeness (QED) is 0.294. The zero-order valence-corrected chi connectivity index (χ0v) is 19.7. The zero-order valence-electron chi connectivity index (χ0n) is 18.8. The number of thioether (sulfide) groups is 1. The van der Waals surface area contributed by atoms with Crippen LogP contribution in [0.1, 0.15) is 59.7 Å². The number of hydrogen-bond acceptors (Lipinski definition) is 6. The molecule has 2 heterocycles. The van der Waals surface area contributed by atoms with Gasteiger partial charge in [0.15, 0.2) is 10.9 Å². The minimum absolute atomic E-state index is 0.258. The molecule has 0 spiro atoms. The van der Waals surface area contributed by atoms with Gasteiger partial charge in [0, 0.05) is 23.7 Å². The number of aryl methyl sites for hydroxylation is 2. The van der Waals surface area contributed by atoms with Crippen molar-refractivity contribution in [1.29, 1.82) is 0 Å². The molecule has 0 saturated carbocycles. The van der Waals surface area contributed by atoms with E-state index in [-0.39, 0.29) is 17.4 Å². The highest BCUT2D eigenvalue weighted by Crippen LogP contribution is 2.24. The lowest BCUT2D eigenvalue weighted by Gasteiger charge is -2.13. The predicted molar refractivity (Wildman–Crippen MR) is 126 cm³/mol. The van der Waals surface area contributed by atoms with Crippen molar-refractivity contribution in [3.63, 3.8) is 0 Å². The Morgan fingerprint density at radius 2 is 1.91 bits per heavy atom. The highest BCUT2D eigenvalue weighted by Gasteiger charge is 2.21. The summed E-state index contributed by atoms with van der Waals surface area (Å²) in [5.74, 6) is -0.216. The van der Waals surface area contributed by atoms with Crippen LogP contribution in [0.25, 0.3) is 5.69 Å². The van der Waals surface area contributed by atoms with Gasteiger partial charge in [-0.1, -0.05) is 28.6 Å². The van der Waals surface area contributed by atoms with E-state index >= 15 is 0 Å². The predicted octanol–water partition coefficient (Wildman–Crippen LogP) is 4.73. The highest BCUT2D eigenvalue weighted by atomic mass is 32.2. The Labute approximate surface area is 196 Å². The van der Waals surface area contributed by atoms with Gasteiger partial charge in [0.1, 0.15) is 5.82 Å². The van der Waals surface area contributed by atoms with Crippen molar-refractivity contribution in [2.45, 2.75) is 56.9 Å². The van der Waals surface area contributed by atoms with Gasteiger partial charge >= 0.3 is 0 Å². The molecule has 0 aliphatic heterocycles. The fourth-order valence-corrected chi connectivity index (χ4v) is 4.78. The maximum atomic E-state index is 13.4. The number of aromatic nitrogens is 5. The van der Waals surface area contributed by atoms with Crippen molar-refractivity contribution in [3.8, 4) is 5.69 Å². The van der Waals surface area contributed by atoms with Crippen molar-refractivity contribution >= 4 is 17.7 Å². The smallest absolute Gasteiger partial charge is 0.273 e. The van der Waals surface area contributed by atoms with E-state index in [0.717, 1.165) is 30.7 Å². The number of hydrogen-bond donors (Lipinski definition) is 1. The summed E-state index contributed by atoms with van der Waals surface area (Å²) < 4.78 is 15.0. The first-order valence-electron chi connectivity index (χ1n) is 11.1. The van der Waals surface area contributed by atoms with E-state index in [0.29, 0.717) is 28.8 Å². The number of allylic oxidation sites excluding steroid dienone is 1. The maximum absolute atomic E-state index is 13.4. The van der Waals surface area contributed by atoms with Crippen LogP contribution in [0.5, 0.6) is 0 Å². The first-order valence-corrected chi connectivity index (χ1v) is 12.1. The van der Waals surface area contributed by atoms with E-state index in [1.54, 1.807) is 16.8 Å². The summed E-state index contributed by atoms with van der Waals surface area (Å²) in [5.41, 5.74) is 4.67. The van der Waals surface area contributed by atoms with Crippen molar-refractivity contribution in [2.24, 2.45) is 0 Å². The summed E-state index contributed by atoms with van der Waals surface area (Å²) in [4.78, 5) is 21.9. The highest BCUT2D eigenvalue weighted by molar-refractivity contribution is 7.98. The molecule has 0 unspecified atom stereocenters. The molecule has 1 aliphatic rings. The molecule has 4 rings (SSSR count). The molecule has 9 heteroatoms. The van der Waals surface area contributed by atoms with Gasteiger partial charge in [0.25, 0.3) is 5.91 Å². The van der Waals surface area contributed by atoms with Crippen molar-refractivity contribution in [3.05, 3.63) is 70.6 Å². The second kappa shape index (κ2) is 10.7. The van der Waals surface area contributed by atoms with Gasteiger partial charge in [0.2, 0.25) is 0 Å². The summed E-state index contributed by atoms with van der Waals surface area (Å²) in [7, 11) is 0. The summed E-state index contributed by atoms with van der Waals surface area (Å²) >= 11 is 1.41. The molecule has 0 fully saturated rings. The van der Waals surface area contributed by atoms with E-state index < -0.39 is 0 Å². The van der Waals surface area contributed by atoms with Gasteiger partial charge in [-0.3, -0.25) is 4.79 Å². The molecule has 1 aromatic carbocycles. The van der Waals surface area contributed by atoms with Gasteiger partial charge < -0.3 is 5.32 Å². The first-order chi connectivity index (χ1) is 16.0. The third-order valence-corrected chi connectivity index (χ3v) is 6.32. The normalized spacial score (nSPS) is 13.6. The summed E-state index contributed by atoms with van der Waals surface area (Å²) in [6, 6.07) is 7.86. The average molecular weight is 467 g/mol. The van der Waals surface area contributed by atoms with E-state index in [4.69, 9.17) is 0 Å². The second-order valence-corrected chi connectivity index (χ2v) is 9.05. The molecule has 0 bridgehead atoms. The van der Waals surface area contributed by atoms with Gasteiger partial charge in [-0.2, -0.15) is 0 Å². The van der Waals surface area contributed by atoms with E-state index in [2.05, 4.69) is 31.7 Å². The van der Waals surface area contributed by atoms with Gasteiger partial charge in [-0.25, -0.2) is 19.0 Å². The molecule has 1 aliphatic carbocycles. The Morgan fingerprint density at radius 1 is 1.15 bits per heavy atom. The standard InChI is InChI=1S/C24H27FN6OS/c1-16-14-17(2)28-24(27-16)33-15-21-22(23(32)26-13-12-18-6-4-3-5-7-18)29-30-31(21)20-10-8-19(25)9-11-20/h6,8-11,14H,3-5,7,12-13,15H2,1-2H3,(H,26,32). The number of carbonyl (C=O) groups excluding carboxylic acids is 1. The van der Waals surface area contributed by atoms with Crippen LogP contribution in [0, 0.1) is 19.7 Å². The topological polar surface area (TPSA) is 85.6 Å². The largest absolute Gasteiger partial charge is 0.350 e. The molecule has 3 aromatic rings. The minimum atomic E-state index is -0.339. The van der Waals surface area contributed by atoms with Crippen molar-refractivity contribution < 1.29 is 9.18 Å². The third kappa shape index (κ3) is 6.04. The lowest BCUT2D eigenvalue weighted by atomic mass is 9.97. The molecular weight excluding hydrogens is 439 g/mol. The van der Waals surface area contributed by atoms with E-state index in [1.807, 2.05) is 19.9 Å². The number of nitrogens with zero attached hydrogens (tertiary/aromatic N) is 5. The van der Waals surface area contributed by atoms with Crippen LogP contribution in [0.15, 0.2) is 47.1 Å². The Hall–Kier alpha value is -3.07. The molecular formula is C24H27FN6OS. The molecule has 172 valence electrons. The van der Waals surface area contributed by atoms with Crippen molar-refractivity contribution in [2.75, 3.05) is 6.54 Å². The number of amides is 1. The van der Waals surface area contributed by atoms with Crippen LogP contribution < -0.4 is 5.32 Å². The van der Waals surface area contributed by atoms with Crippen LogP contribution in [0.3, 0.4) is 0 Å². The minimum Gasteiger partial charge on any atom is -0.350 e. The Morgan fingerprint density at radius 3 is 2.61 bits per heavy atom. The first kappa shape index (κ1) is 23.1. The molecule has 7 nitrogen and oxygen atoms in total. The molecule has 33 heavy (non-hydrogen) atoms. The van der Waals surface area contributed by atoms with E-state index in [1.165, 1.54) is 42.3 Å². The van der Waals surface area contributed by atoms with Gasteiger partial charge in [-0.15, -0.1) is 5.10 Å². The Bertz CT molecular complexity index is 1140. The van der Waals surface area contributed by atoms with E-state index in [9.17, 15) is 9.18 Å². The molecule has 2 aromatic heterocycles. The lowest BCUT2D eigenvalue weighted by molar-refractivity contribution is 0.0948.